The van der Waals surface area contributed by atoms with Crippen LogP contribution >= 0.6 is 0 Å². The molecular weight excluding hydrogens is 286 g/mol. The fourth-order valence-electron chi connectivity index (χ4n) is 6.01. The molecule has 3 heteroatoms. The van der Waals surface area contributed by atoms with E-state index in [0.717, 1.165) is 12.5 Å². The molecule has 1 heterocycles. The lowest BCUT2D eigenvalue weighted by Gasteiger charge is -2.43. The Morgan fingerprint density at radius 2 is 1.78 bits per heavy atom. The van der Waals surface area contributed by atoms with E-state index in [0.29, 0.717) is 30.2 Å². The lowest BCUT2D eigenvalue weighted by molar-refractivity contribution is -0.116. The number of piperidine rings is 1. The van der Waals surface area contributed by atoms with Crippen LogP contribution in [-0.4, -0.2) is 47.4 Å². The number of fused-ring (bicyclic) bond motifs is 2. The van der Waals surface area contributed by atoms with Crippen LogP contribution in [0, 0.1) is 16.7 Å². The summed E-state index contributed by atoms with van der Waals surface area (Å²) in [6.07, 6.45) is 7.73. The average Bonchev–Trinajstić information content (AvgIpc) is 2.94. The maximum Gasteiger partial charge on any atom is 0.0900 e. The van der Waals surface area contributed by atoms with Gasteiger partial charge < -0.3 is 9.84 Å². The summed E-state index contributed by atoms with van der Waals surface area (Å²) in [5, 5.41) is 10.6. The SMILES string of the molecule is CC1CCCC(C)N1CC(O)COC1C2(C)CCC(C2)C1(C)C. The number of likely N-dealkylation sites (tertiary alicyclic amines) is 1. The van der Waals surface area contributed by atoms with E-state index in [1.807, 2.05) is 0 Å². The molecule has 0 amide bonds. The highest BCUT2D eigenvalue weighted by Gasteiger charge is 2.60. The van der Waals surface area contributed by atoms with Crippen molar-refractivity contribution in [3.8, 4) is 0 Å². The molecule has 2 aliphatic carbocycles. The summed E-state index contributed by atoms with van der Waals surface area (Å²) in [5.41, 5.74) is 0.595. The molecule has 0 aromatic carbocycles. The van der Waals surface area contributed by atoms with Crippen molar-refractivity contribution in [2.75, 3.05) is 13.2 Å². The van der Waals surface area contributed by atoms with Crippen molar-refractivity contribution < 1.29 is 9.84 Å². The van der Waals surface area contributed by atoms with Crippen LogP contribution in [0.4, 0.5) is 0 Å². The summed E-state index contributed by atoms with van der Waals surface area (Å²) >= 11 is 0. The van der Waals surface area contributed by atoms with Gasteiger partial charge in [-0.25, -0.2) is 0 Å². The van der Waals surface area contributed by atoms with Gasteiger partial charge in [0.1, 0.15) is 0 Å². The van der Waals surface area contributed by atoms with E-state index in [9.17, 15) is 5.11 Å². The molecule has 134 valence electrons. The molecule has 1 saturated heterocycles. The lowest BCUT2D eigenvalue weighted by atomic mass is 9.70. The molecular formula is C20H37NO2. The van der Waals surface area contributed by atoms with E-state index in [2.05, 4.69) is 39.5 Å². The molecule has 3 aliphatic rings. The van der Waals surface area contributed by atoms with E-state index >= 15 is 0 Å². The quantitative estimate of drug-likeness (QED) is 0.834. The van der Waals surface area contributed by atoms with Crippen LogP contribution in [0.1, 0.15) is 73.1 Å². The first-order valence-electron chi connectivity index (χ1n) is 9.79. The Kier molecular flexibility index (Phi) is 4.85. The summed E-state index contributed by atoms with van der Waals surface area (Å²) in [6.45, 7) is 13.0. The van der Waals surface area contributed by atoms with Crippen LogP contribution in [-0.2, 0) is 4.74 Å². The van der Waals surface area contributed by atoms with E-state index in [1.54, 1.807) is 0 Å². The number of hydrogen-bond donors (Lipinski definition) is 1. The fraction of sp³-hybridized carbons (Fsp3) is 1.00. The second kappa shape index (κ2) is 6.31. The van der Waals surface area contributed by atoms with E-state index < -0.39 is 0 Å². The van der Waals surface area contributed by atoms with Gasteiger partial charge in [0.25, 0.3) is 0 Å². The van der Waals surface area contributed by atoms with Crippen LogP contribution in [0.3, 0.4) is 0 Å². The standard InChI is InChI=1S/C20H37NO2/c1-14-7-6-8-15(2)21(14)12-17(22)13-23-18-19(3,4)16-9-10-20(18,5)11-16/h14-18,22H,6-13H2,1-5H3. The summed E-state index contributed by atoms with van der Waals surface area (Å²) in [4.78, 5) is 2.48. The number of aliphatic hydroxyl groups excluding tert-OH is 1. The minimum Gasteiger partial charge on any atom is -0.389 e. The van der Waals surface area contributed by atoms with E-state index in [4.69, 9.17) is 4.74 Å². The van der Waals surface area contributed by atoms with Crippen molar-refractivity contribution in [1.82, 2.24) is 4.90 Å². The van der Waals surface area contributed by atoms with Gasteiger partial charge in [-0.2, -0.15) is 0 Å². The molecule has 0 aromatic heterocycles. The topological polar surface area (TPSA) is 32.7 Å². The summed E-state index contributed by atoms with van der Waals surface area (Å²) < 4.78 is 6.35. The molecule has 0 spiro atoms. The molecule has 2 bridgehead atoms. The van der Waals surface area contributed by atoms with Crippen molar-refractivity contribution in [1.29, 1.82) is 0 Å². The van der Waals surface area contributed by atoms with Crippen molar-refractivity contribution in [3.05, 3.63) is 0 Å². The maximum absolute atomic E-state index is 10.6. The molecule has 1 aliphatic heterocycles. The van der Waals surface area contributed by atoms with Gasteiger partial charge in [-0.05, 0) is 62.7 Å². The minimum absolute atomic E-state index is 0.262. The van der Waals surface area contributed by atoms with Gasteiger partial charge >= 0.3 is 0 Å². The van der Waals surface area contributed by atoms with Crippen molar-refractivity contribution >= 4 is 0 Å². The van der Waals surface area contributed by atoms with Gasteiger partial charge in [-0.1, -0.05) is 27.2 Å². The van der Waals surface area contributed by atoms with Crippen LogP contribution in [0.15, 0.2) is 0 Å². The predicted molar refractivity (Wildman–Crippen MR) is 94.5 cm³/mol. The first-order valence-corrected chi connectivity index (χ1v) is 9.79. The number of hydrogen-bond acceptors (Lipinski definition) is 3. The molecule has 0 aromatic rings. The number of nitrogens with zero attached hydrogens (tertiary/aromatic N) is 1. The Balaban J connectivity index is 1.54. The number of ether oxygens (including phenoxy) is 1. The monoisotopic (exact) mass is 323 g/mol. The first-order chi connectivity index (χ1) is 10.7. The highest BCUT2D eigenvalue weighted by molar-refractivity contribution is 5.09. The van der Waals surface area contributed by atoms with Crippen molar-refractivity contribution in [3.63, 3.8) is 0 Å². The Morgan fingerprint density at radius 1 is 1.13 bits per heavy atom. The molecule has 0 radical (unpaired) electrons. The maximum atomic E-state index is 10.6. The van der Waals surface area contributed by atoms with Crippen molar-refractivity contribution in [2.24, 2.45) is 16.7 Å². The van der Waals surface area contributed by atoms with Crippen LogP contribution in [0.2, 0.25) is 0 Å². The van der Waals surface area contributed by atoms with Gasteiger partial charge in [0, 0.05) is 18.6 Å². The molecule has 3 fully saturated rings. The zero-order chi connectivity index (χ0) is 16.8. The Morgan fingerprint density at radius 3 is 2.35 bits per heavy atom. The summed E-state index contributed by atoms with van der Waals surface area (Å²) in [7, 11) is 0. The molecule has 1 N–H and O–H groups in total. The Bertz CT molecular complexity index is 409. The second-order valence-corrected chi connectivity index (χ2v) is 9.61. The largest absolute Gasteiger partial charge is 0.389 e. The summed E-state index contributed by atoms with van der Waals surface area (Å²) in [5.74, 6) is 0.803. The van der Waals surface area contributed by atoms with E-state index in [1.165, 1.54) is 38.5 Å². The molecule has 6 unspecified atom stereocenters. The number of aliphatic hydroxyl groups is 1. The van der Waals surface area contributed by atoms with Gasteiger partial charge in [0.2, 0.25) is 0 Å². The fourth-order valence-corrected chi connectivity index (χ4v) is 6.01. The van der Waals surface area contributed by atoms with Gasteiger partial charge in [0.05, 0.1) is 18.8 Å². The van der Waals surface area contributed by atoms with Gasteiger partial charge in [-0.3, -0.25) is 4.90 Å². The predicted octanol–water partition coefficient (Wildman–Crippen LogP) is 3.84. The smallest absolute Gasteiger partial charge is 0.0900 e. The minimum atomic E-state index is -0.364. The zero-order valence-corrected chi connectivity index (χ0v) is 15.8. The van der Waals surface area contributed by atoms with Gasteiger partial charge in [0.15, 0.2) is 0 Å². The average molecular weight is 324 g/mol. The molecule has 2 saturated carbocycles. The molecule has 3 rings (SSSR count). The summed E-state index contributed by atoms with van der Waals surface area (Å²) in [6, 6.07) is 1.18. The van der Waals surface area contributed by atoms with Gasteiger partial charge in [-0.15, -0.1) is 0 Å². The van der Waals surface area contributed by atoms with Crippen molar-refractivity contribution in [2.45, 2.75) is 97.4 Å². The van der Waals surface area contributed by atoms with E-state index in [-0.39, 0.29) is 11.5 Å². The lowest BCUT2D eigenvalue weighted by Crippen LogP contribution is -2.49. The molecule has 23 heavy (non-hydrogen) atoms. The second-order valence-electron chi connectivity index (χ2n) is 9.61. The third-order valence-corrected chi connectivity index (χ3v) is 7.39. The van der Waals surface area contributed by atoms with Crippen LogP contribution in [0.25, 0.3) is 0 Å². The molecule has 6 atom stereocenters. The Hall–Kier alpha value is -0.120. The number of rotatable bonds is 5. The highest BCUT2D eigenvalue weighted by atomic mass is 16.5. The normalized spacial score (nSPS) is 44.6. The van der Waals surface area contributed by atoms with Crippen LogP contribution in [0.5, 0.6) is 0 Å². The van der Waals surface area contributed by atoms with Crippen LogP contribution < -0.4 is 0 Å². The third kappa shape index (κ3) is 3.21. The highest BCUT2D eigenvalue weighted by Crippen LogP contribution is 2.63. The Labute approximate surface area is 142 Å². The number of β-amino-alcohol motifs (C(OH)–C–C–N with tert-alkyl or cyclic N) is 1. The molecule has 3 nitrogen and oxygen atoms in total. The third-order valence-electron chi connectivity index (χ3n) is 7.39. The zero-order valence-electron chi connectivity index (χ0n) is 15.8. The first kappa shape index (κ1) is 17.7.